The maximum atomic E-state index is 14.2. The number of aromatic nitrogens is 5. The molecule has 0 fully saturated rings. The predicted molar refractivity (Wildman–Crippen MR) is 144 cm³/mol. The Balaban J connectivity index is 1.70. The van der Waals surface area contributed by atoms with Crippen molar-refractivity contribution in [1.82, 2.24) is 25.1 Å². The SMILES string of the molecule is CC(C)(O)c1noc(-c2ccccc2Cl)c1C(=O)c1nnn(Cc2cc(C(F)(F)F)cc(C(F)(F)F)c2)c1-c1cccnc1. The summed E-state index contributed by atoms with van der Waals surface area (Å²) in [6.07, 6.45) is -7.40. The molecule has 15 heteroatoms. The van der Waals surface area contributed by atoms with Crippen LogP contribution >= 0.6 is 11.6 Å². The van der Waals surface area contributed by atoms with Crippen molar-refractivity contribution in [3.8, 4) is 22.6 Å². The number of ketones is 1. The third-order valence-corrected chi connectivity index (χ3v) is 6.81. The zero-order valence-corrected chi connectivity index (χ0v) is 23.5. The minimum Gasteiger partial charge on any atom is -0.384 e. The summed E-state index contributed by atoms with van der Waals surface area (Å²) in [5, 5.41) is 22.8. The number of aliphatic hydroxyl groups is 1. The van der Waals surface area contributed by atoms with E-state index >= 15 is 0 Å². The number of carbonyl (C=O) groups is 1. The van der Waals surface area contributed by atoms with Crippen LogP contribution in [0.1, 0.15) is 52.3 Å². The van der Waals surface area contributed by atoms with Crippen LogP contribution in [0.3, 0.4) is 0 Å². The molecule has 3 heterocycles. The summed E-state index contributed by atoms with van der Waals surface area (Å²) in [6.45, 7) is 2.10. The van der Waals surface area contributed by atoms with Crippen LogP contribution < -0.4 is 0 Å². The van der Waals surface area contributed by atoms with E-state index in [9.17, 15) is 36.2 Å². The lowest BCUT2D eigenvalue weighted by Gasteiger charge is -2.16. The van der Waals surface area contributed by atoms with Gasteiger partial charge < -0.3 is 9.63 Å². The van der Waals surface area contributed by atoms with Crippen LogP contribution in [0.2, 0.25) is 5.02 Å². The van der Waals surface area contributed by atoms with Gasteiger partial charge in [-0.2, -0.15) is 26.3 Å². The number of alkyl halides is 6. The lowest BCUT2D eigenvalue weighted by atomic mass is 9.92. The van der Waals surface area contributed by atoms with Gasteiger partial charge in [0.1, 0.15) is 17.0 Å². The van der Waals surface area contributed by atoms with Crippen molar-refractivity contribution in [1.29, 1.82) is 0 Å². The van der Waals surface area contributed by atoms with Gasteiger partial charge >= 0.3 is 12.4 Å². The Hall–Kier alpha value is -4.56. The molecular weight excluding hydrogens is 616 g/mol. The van der Waals surface area contributed by atoms with Crippen LogP contribution in [-0.4, -0.2) is 36.0 Å². The summed E-state index contributed by atoms with van der Waals surface area (Å²) in [5.41, 5.74) is -5.45. The quantitative estimate of drug-likeness (QED) is 0.149. The summed E-state index contributed by atoms with van der Waals surface area (Å²) in [6, 6.07) is 10.5. The van der Waals surface area contributed by atoms with E-state index in [2.05, 4.69) is 20.5 Å². The smallest absolute Gasteiger partial charge is 0.384 e. The molecule has 0 unspecified atom stereocenters. The van der Waals surface area contributed by atoms with Gasteiger partial charge in [-0.25, -0.2) is 4.68 Å². The fourth-order valence-corrected chi connectivity index (χ4v) is 4.74. The summed E-state index contributed by atoms with van der Waals surface area (Å²) in [7, 11) is 0. The van der Waals surface area contributed by atoms with E-state index < -0.39 is 47.0 Å². The fraction of sp³-hybridized carbons (Fsp3) is 0.207. The molecule has 0 aliphatic heterocycles. The molecule has 228 valence electrons. The zero-order chi connectivity index (χ0) is 32.0. The molecule has 2 aromatic carbocycles. The van der Waals surface area contributed by atoms with Crippen molar-refractivity contribution < 1.29 is 40.8 Å². The first-order chi connectivity index (χ1) is 20.6. The molecule has 8 nitrogen and oxygen atoms in total. The minimum atomic E-state index is -5.07. The van der Waals surface area contributed by atoms with Gasteiger partial charge in [-0.1, -0.05) is 34.1 Å². The molecule has 0 aliphatic carbocycles. The molecule has 0 amide bonds. The third kappa shape index (κ3) is 6.08. The first-order valence-corrected chi connectivity index (χ1v) is 13.1. The number of hydrogen-bond donors (Lipinski definition) is 1. The van der Waals surface area contributed by atoms with Crippen molar-refractivity contribution in [3.63, 3.8) is 0 Å². The number of nitrogens with zero attached hydrogens (tertiary/aromatic N) is 5. The second-order valence-corrected chi connectivity index (χ2v) is 10.6. The number of halogens is 7. The highest BCUT2D eigenvalue weighted by Gasteiger charge is 2.38. The Morgan fingerprint density at radius 1 is 0.977 bits per heavy atom. The van der Waals surface area contributed by atoms with E-state index in [0.29, 0.717) is 12.1 Å². The van der Waals surface area contributed by atoms with Gasteiger partial charge in [0.2, 0.25) is 5.78 Å². The first kappa shape index (κ1) is 30.9. The van der Waals surface area contributed by atoms with Gasteiger partial charge in [-0.15, -0.1) is 5.10 Å². The van der Waals surface area contributed by atoms with Gasteiger partial charge in [0.05, 0.1) is 28.3 Å². The normalized spacial score (nSPS) is 12.5. The molecule has 5 rings (SSSR count). The van der Waals surface area contributed by atoms with Crippen molar-refractivity contribution >= 4 is 17.4 Å². The van der Waals surface area contributed by atoms with Crippen LogP contribution in [0.15, 0.2) is 71.5 Å². The number of hydrogen-bond acceptors (Lipinski definition) is 7. The monoisotopic (exact) mass is 635 g/mol. The molecule has 0 aliphatic rings. The topological polar surface area (TPSA) is 107 Å². The van der Waals surface area contributed by atoms with Gasteiger partial charge in [0.25, 0.3) is 0 Å². The van der Waals surface area contributed by atoms with Crippen LogP contribution in [-0.2, 0) is 24.5 Å². The minimum absolute atomic E-state index is 0.0160. The lowest BCUT2D eigenvalue weighted by Crippen LogP contribution is -2.21. The van der Waals surface area contributed by atoms with E-state index in [4.69, 9.17) is 16.1 Å². The van der Waals surface area contributed by atoms with Crippen LogP contribution in [0.25, 0.3) is 22.6 Å². The Morgan fingerprint density at radius 2 is 1.64 bits per heavy atom. The summed E-state index contributed by atoms with van der Waals surface area (Å²) < 4.78 is 87.6. The number of pyridine rings is 1. The van der Waals surface area contributed by atoms with Crippen LogP contribution in [0, 0.1) is 0 Å². The molecule has 0 atom stereocenters. The maximum Gasteiger partial charge on any atom is 0.416 e. The van der Waals surface area contributed by atoms with Gasteiger partial charge in [0.15, 0.2) is 11.5 Å². The fourth-order valence-electron chi connectivity index (χ4n) is 4.51. The average Bonchev–Trinajstić information content (AvgIpc) is 3.57. The first-order valence-electron chi connectivity index (χ1n) is 12.7. The van der Waals surface area contributed by atoms with E-state index in [1.165, 1.54) is 38.4 Å². The Bertz CT molecular complexity index is 1810. The molecule has 0 saturated heterocycles. The highest BCUT2D eigenvalue weighted by molar-refractivity contribution is 6.33. The Morgan fingerprint density at radius 3 is 2.20 bits per heavy atom. The molecule has 0 saturated carbocycles. The van der Waals surface area contributed by atoms with Gasteiger partial charge in [0, 0.05) is 23.5 Å². The number of carbonyl (C=O) groups excluding carboxylic acids is 1. The summed E-state index contributed by atoms with van der Waals surface area (Å²) >= 11 is 6.35. The molecule has 44 heavy (non-hydrogen) atoms. The highest BCUT2D eigenvalue weighted by atomic mass is 35.5. The lowest BCUT2D eigenvalue weighted by molar-refractivity contribution is -0.143. The predicted octanol–water partition coefficient (Wildman–Crippen LogP) is 7.19. The van der Waals surface area contributed by atoms with Crippen molar-refractivity contribution in [2.75, 3.05) is 0 Å². The molecule has 5 aromatic rings. The standard InChI is InChI=1S/C29H20ClF6N5O3/c1-27(2,43)26-21(25(44-39-26)19-7-3-4-8-20(19)30)24(42)22-23(16-6-5-9-37-13-16)41(40-38-22)14-15-10-17(28(31,32)33)12-18(11-15)29(34,35)36/h3-13,43H,14H2,1-2H3. The van der Waals surface area contributed by atoms with Crippen molar-refractivity contribution in [2.45, 2.75) is 38.3 Å². The van der Waals surface area contributed by atoms with E-state index in [0.717, 1.165) is 4.68 Å². The zero-order valence-electron chi connectivity index (χ0n) is 22.7. The second kappa shape index (κ2) is 11.2. The van der Waals surface area contributed by atoms with E-state index in [1.54, 1.807) is 24.3 Å². The van der Waals surface area contributed by atoms with Gasteiger partial charge in [-0.05, 0) is 61.9 Å². The van der Waals surface area contributed by atoms with Crippen LogP contribution in [0.5, 0.6) is 0 Å². The summed E-state index contributed by atoms with van der Waals surface area (Å²) in [4.78, 5) is 18.2. The average molecular weight is 636 g/mol. The Kier molecular flexibility index (Phi) is 7.84. The summed E-state index contributed by atoms with van der Waals surface area (Å²) in [5.74, 6) is -0.958. The largest absolute Gasteiger partial charge is 0.416 e. The second-order valence-electron chi connectivity index (χ2n) is 10.2. The third-order valence-electron chi connectivity index (χ3n) is 6.48. The van der Waals surface area contributed by atoms with Crippen molar-refractivity contribution in [2.24, 2.45) is 0 Å². The number of benzene rings is 2. The molecule has 0 radical (unpaired) electrons. The molecule has 0 spiro atoms. The number of rotatable bonds is 7. The molecule has 1 N–H and O–H groups in total. The maximum absolute atomic E-state index is 14.2. The van der Waals surface area contributed by atoms with Crippen molar-refractivity contribution in [3.05, 3.63) is 106 Å². The van der Waals surface area contributed by atoms with Crippen LogP contribution in [0.4, 0.5) is 26.3 Å². The Labute approximate surface area is 249 Å². The molecule has 3 aromatic heterocycles. The molecule has 0 bridgehead atoms. The van der Waals surface area contributed by atoms with Gasteiger partial charge in [-0.3, -0.25) is 9.78 Å². The van der Waals surface area contributed by atoms with E-state index in [-0.39, 0.29) is 50.6 Å². The van der Waals surface area contributed by atoms with E-state index in [1.807, 2.05) is 0 Å². The highest BCUT2D eigenvalue weighted by Crippen LogP contribution is 2.39. The molecular formula is C29H20ClF6N5O3.